The molecule has 0 aliphatic heterocycles. The Kier molecular flexibility index (Phi) is 5.59. The van der Waals surface area contributed by atoms with Crippen LogP contribution in [0.1, 0.15) is 18.2 Å². The lowest BCUT2D eigenvalue weighted by atomic mass is 10.2. The Labute approximate surface area is 129 Å². The first-order chi connectivity index (χ1) is 10.1. The fourth-order valence-electron chi connectivity index (χ4n) is 2.25. The van der Waals surface area contributed by atoms with E-state index in [1.807, 2.05) is 29.0 Å². The maximum atomic E-state index is 11.7. The van der Waals surface area contributed by atoms with Crippen LogP contribution < -0.4 is 9.61 Å². The van der Waals surface area contributed by atoms with Crippen LogP contribution in [-0.2, 0) is 13.1 Å². The van der Waals surface area contributed by atoms with Crippen LogP contribution in [0.5, 0.6) is 5.75 Å². The van der Waals surface area contributed by atoms with Crippen LogP contribution >= 0.6 is 11.3 Å². The smallest absolute Gasteiger partial charge is 0.307 e. The predicted octanol–water partition coefficient (Wildman–Crippen LogP) is 2.75. The number of ether oxygens (including phenoxy) is 1. The van der Waals surface area contributed by atoms with E-state index in [9.17, 15) is 4.79 Å². The molecule has 114 valence electrons. The molecule has 0 fully saturated rings. The quantitative estimate of drug-likeness (QED) is 0.789. The van der Waals surface area contributed by atoms with Crippen molar-refractivity contribution in [2.45, 2.75) is 26.9 Å². The van der Waals surface area contributed by atoms with Crippen molar-refractivity contribution in [2.24, 2.45) is 0 Å². The van der Waals surface area contributed by atoms with Crippen LogP contribution in [0.4, 0.5) is 0 Å². The first-order valence-electron chi connectivity index (χ1n) is 7.14. The number of likely N-dealkylation sites (N-methyl/N-ethyl adjacent to an activating group) is 1. The highest BCUT2D eigenvalue weighted by Gasteiger charge is 2.07. The summed E-state index contributed by atoms with van der Waals surface area (Å²) in [6, 6.07) is 8.14. The number of methoxy groups -OCH3 is 1. The summed E-state index contributed by atoms with van der Waals surface area (Å²) in [5, 5.41) is 1.92. The second-order valence-electron chi connectivity index (χ2n) is 5.01. The van der Waals surface area contributed by atoms with Crippen LogP contribution in [0.3, 0.4) is 0 Å². The number of hydrogen-bond donors (Lipinski definition) is 0. The third kappa shape index (κ3) is 4.19. The Balaban J connectivity index is 1.95. The van der Waals surface area contributed by atoms with Gasteiger partial charge in [0.1, 0.15) is 5.75 Å². The Morgan fingerprint density at radius 1 is 1.29 bits per heavy atom. The summed E-state index contributed by atoms with van der Waals surface area (Å²) in [7, 11) is 1.67. The second-order valence-corrected chi connectivity index (χ2v) is 5.83. The molecule has 0 aliphatic rings. The predicted molar refractivity (Wildman–Crippen MR) is 87.3 cm³/mol. The van der Waals surface area contributed by atoms with Crippen molar-refractivity contribution in [1.29, 1.82) is 0 Å². The number of rotatable bonds is 7. The summed E-state index contributed by atoms with van der Waals surface area (Å²) >= 11 is 1.27. The van der Waals surface area contributed by atoms with Gasteiger partial charge in [-0.2, -0.15) is 0 Å². The number of aryl methyl sites for hydroxylation is 1. The van der Waals surface area contributed by atoms with Gasteiger partial charge in [-0.1, -0.05) is 30.4 Å². The molecule has 4 nitrogen and oxygen atoms in total. The van der Waals surface area contributed by atoms with E-state index < -0.39 is 0 Å². The molecule has 0 saturated heterocycles. The first kappa shape index (κ1) is 15.8. The van der Waals surface area contributed by atoms with Crippen molar-refractivity contribution in [3.63, 3.8) is 0 Å². The minimum Gasteiger partial charge on any atom is -0.497 e. The minimum absolute atomic E-state index is 0.132. The molecule has 0 bridgehead atoms. The zero-order chi connectivity index (χ0) is 15.2. The summed E-state index contributed by atoms with van der Waals surface area (Å²) in [4.78, 5) is 14.2. The zero-order valence-corrected chi connectivity index (χ0v) is 13.7. The molecule has 1 aromatic carbocycles. The maximum absolute atomic E-state index is 11.7. The number of benzene rings is 1. The van der Waals surface area contributed by atoms with Crippen molar-refractivity contribution in [3.8, 4) is 5.75 Å². The van der Waals surface area contributed by atoms with Gasteiger partial charge in [-0.3, -0.25) is 9.69 Å². The van der Waals surface area contributed by atoms with E-state index in [-0.39, 0.29) is 4.87 Å². The monoisotopic (exact) mass is 306 g/mol. The Morgan fingerprint density at radius 2 is 2.00 bits per heavy atom. The van der Waals surface area contributed by atoms with E-state index >= 15 is 0 Å². The molecule has 0 unspecified atom stereocenters. The first-order valence-corrected chi connectivity index (χ1v) is 8.02. The maximum Gasteiger partial charge on any atom is 0.307 e. The van der Waals surface area contributed by atoms with E-state index in [1.54, 1.807) is 7.11 Å². The van der Waals surface area contributed by atoms with Crippen molar-refractivity contribution < 1.29 is 4.74 Å². The normalized spacial score (nSPS) is 11.0. The number of aromatic nitrogens is 1. The lowest BCUT2D eigenvalue weighted by Crippen LogP contribution is -2.29. The van der Waals surface area contributed by atoms with Crippen LogP contribution in [-0.4, -0.2) is 29.7 Å². The molecule has 0 atom stereocenters. The van der Waals surface area contributed by atoms with Gasteiger partial charge in [0.25, 0.3) is 0 Å². The molecule has 0 spiro atoms. The Bertz CT molecular complexity index is 616. The Morgan fingerprint density at radius 3 is 2.52 bits per heavy atom. The lowest BCUT2D eigenvalue weighted by Gasteiger charge is -2.21. The van der Waals surface area contributed by atoms with Crippen LogP contribution in [0.15, 0.2) is 34.4 Å². The van der Waals surface area contributed by atoms with Gasteiger partial charge in [-0.25, -0.2) is 0 Å². The van der Waals surface area contributed by atoms with Crippen LogP contribution in [0.25, 0.3) is 0 Å². The number of hydrogen-bond acceptors (Lipinski definition) is 4. The van der Waals surface area contributed by atoms with Gasteiger partial charge in [0.05, 0.1) is 7.11 Å². The average molecular weight is 306 g/mol. The molecule has 0 radical (unpaired) electrons. The molecule has 0 amide bonds. The average Bonchev–Trinajstić information content (AvgIpc) is 2.83. The van der Waals surface area contributed by atoms with Gasteiger partial charge < -0.3 is 9.30 Å². The summed E-state index contributed by atoms with van der Waals surface area (Å²) in [6.45, 7) is 7.60. The highest BCUT2D eigenvalue weighted by Crippen LogP contribution is 2.13. The van der Waals surface area contributed by atoms with E-state index in [1.165, 1.54) is 16.9 Å². The second kappa shape index (κ2) is 7.43. The fourth-order valence-corrected chi connectivity index (χ4v) is 3.02. The topological polar surface area (TPSA) is 34.5 Å². The summed E-state index contributed by atoms with van der Waals surface area (Å²) in [5.41, 5.74) is 2.30. The van der Waals surface area contributed by atoms with Crippen LogP contribution in [0, 0.1) is 6.92 Å². The van der Waals surface area contributed by atoms with E-state index in [4.69, 9.17) is 4.74 Å². The summed E-state index contributed by atoms with van der Waals surface area (Å²) < 4.78 is 7.02. The Hall–Kier alpha value is -1.59. The third-order valence-corrected chi connectivity index (χ3v) is 4.51. The van der Waals surface area contributed by atoms with Crippen molar-refractivity contribution in [1.82, 2.24) is 9.47 Å². The molecular weight excluding hydrogens is 284 g/mol. The largest absolute Gasteiger partial charge is 0.497 e. The number of nitrogens with zero attached hydrogens (tertiary/aromatic N) is 2. The van der Waals surface area contributed by atoms with Gasteiger partial charge in [0.15, 0.2) is 0 Å². The fraction of sp³-hybridized carbons (Fsp3) is 0.438. The van der Waals surface area contributed by atoms with E-state index in [2.05, 4.69) is 24.0 Å². The standard InChI is InChI=1S/C16H22N2O2S/c1-4-17(9-10-18-13(2)12-21-16(18)19)11-14-5-7-15(20-3)8-6-14/h5-8,12H,4,9-11H2,1-3H3. The highest BCUT2D eigenvalue weighted by atomic mass is 32.1. The van der Waals surface area contributed by atoms with Crippen molar-refractivity contribution >= 4 is 11.3 Å². The molecule has 0 aliphatic carbocycles. The molecule has 0 N–H and O–H groups in total. The van der Waals surface area contributed by atoms with Gasteiger partial charge >= 0.3 is 4.87 Å². The molecule has 21 heavy (non-hydrogen) atoms. The molecule has 2 aromatic rings. The van der Waals surface area contributed by atoms with Crippen LogP contribution in [0.2, 0.25) is 0 Å². The highest BCUT2D eigenvalue weighted by molar-refractivity contribution is 7.07. The van der Waals surface area contributed by atoms with E-state index in [0.717, 1.165) is 37.6 Å². The molecule has 0 saturated carbocycles. The zero-order valence-electron chi connectivity index (χ0n) is 12.8. The van der Waals surface area contributed by atoms with Crippen molar-refractivity contribution in [3.05, 3.63) is 50.6 Å². The van der Waals surface area contributed by atoms with Gasteiger partial charge in [-0.05, 0) is 31.2 Å². The molecular formula is C16H22N2O2S. The summed E-state index contributed by atoms with van der Waals surface area (Å²) in [5.74, 6) is 0.877. The molecule has 1 aromatic heterocycles. The SMILES string of the molecule is CCN(CCn1c(C)csc1=O)Cc1ccc(OC)cc1. The minimum atomic E-state index is 0.132. The lowest BCUT2D eigenvalue weighted by molar-refractivity contribution is 0.266. The van der Waals surface area contributed by atoms with Gasteiger partial charge in [-0.15, -0.1) is 0 Å². The number of thiazole rings is 1. The summed E-state index contributed by atoms with van der Waals surface area (Å²) in [6.07, 6.45) is 0. The van der Waals surface area contributed by atoms with E-state index in [0.29, 0.717) is 0 Å². The van der Waals surface area contributed by atoms with Gasteiger partial charge in [0, 0.05) is 30.7 Å². The molecule has 1 heterocycles. The molecule has 2 rings (SSSR count). The third-order valence-electron chi connectivity index (χ3n) is 3.63. The van der Waals surface area contributed by atoms with Gasteiger partial charge in [0.2, 0.25) is 0 Å². The molecule has 5 heteroatoms. The van der Waals surface area contributed by atoms with Crippen molar-refractivity contribution in [2.75, 3.05) is 20.2 Å².